The standard InChI is InChI=1S/C19H21N3O3/c23-17(18-8-4-10-25-18)11-15-6-3-9-21(15)19(24)13-22-16-7-2-1-5-14(16)12-20-22/h1-2,4-5,7-8,10,12,15,17,23H,3,6,9,11,13H2. The maximum absolute atomic E-state index is 12.8. The summed E-state index contributed by atoms with van der Waals surface area (Å²) in [6, 6.07) is 11.4. The number of benzene rings is 1. The van der Waals surface area contributed by atoms with Crippen LogP contribution >= 0.6 is 0 Å². The third-order valence-corrected chi connectivity index (χ3v) is 4.90. The van der Waals surface area contributed by atoms with Crippen molar-refractivity contribution >= 4 is 16.8 Å². The van der Waals surface area contributed by atoms with Gasteiger partial charge in [-0.2, -0.15) is 5.10 Å². The first-order chi connectivity index (χ1) is 12.2. The van der Waals surface area contributed by atoms with Crippen LogP contribution in [0.3, 0.4) is 0 Å². The van der Waals surface area contributed by atoms with E-state index in [2.05, 4.69) is 5.10 Å². The zero-order chi connectivity index (χ0) is 17.2. The number of aliphatic hydroxyl groups excluding tert-OH is 1. The molecular weight excluding hydrogens is 318 g/mol. The van der Waals surface area contributed by atoms with E-state index >= 15 is 0 Å². The molecule has 6 nitrogen and oxygen atoms in total. The molecule has 0 spiro atoms. The zero-order valence-electron chi connectivity index (χ0n) is 13.9. The van der Waals surface area contributed by atoms with Crippen LogP contribution in [0.25, 0.3) is 10.9 Å². The lowest BCUT2D eigenvalue weighted by Crippen LogP contribution is -2.38. The summed E-state index contributed by atoms with van der Waals surface area (Å²) in [4.78, 5) is 14.7. The topological polar surface area (TPSA) is 71.5 Å². The van der Waals surface area contributed by atoms with Gasteiger partial charge in [-0.15, -0.1) is 0 Å². The van der Waals surface area contributed by atoms with Gasteiger partial charge >= 0.3 is 0 Å². The van der Waals surface area contributed by atoms with Crippen LogP contribution in [0, 0.1) is 0 Å². The number of amides is 1. The summed E-state index contributed by atoms with van der Waals surface area (Å²) >= 11 is 0. The van der Waals surface area contributed by atoms with E-state index in [0.717, 1.165) is 30.3 Å². The minimum Gasteiger partial charge on any atom is -0.467 e. The lowest BCUT2D eigenvalue weighted by molar-refractivity contribution is -0.133. The fraction of sp³-hybridized carbons (Fsp3) is 0.368. The lowest BCUT2D eigenvalue weighted by Gasteiger charge is -2.26. The minimum atomic E-state index is -0.682. The Morgan fingerprint density at radius 2 is 2.20 bits per heavy atom. The number of carbonyl (C=O) groups is 1. The first-order valence-corrected chi connectivity index (χ1v) is 8.64. The summed E-state index contributed by atoms with van der Waals surface area (Å²) in [5, 5.41) is 15.7. The highest BCUT2D eigenvalue weighted by atomic mass is 16.4. The molecule has 1 fully saturated rings. The predicted molar refractivity (Wildman–Crippen MR) is 92.8 cm³/mol. The van der Waals surface area contributed by atoms with Gasteiger partial charge in [-0.3, -0.25) is 9.48 Å². The summed E-state index contributed by atoms with van der Waals surface area (Å²) in [6.45, 7) is 0.953. The molecule has 1 saturated heterocycles. The molecule has 1 aliphatic rings. The van der Waals surface area contributed by atoms with Gasteiger partial charge in [0.25, 0.3) is 0 Å². The third kappa shape index (κ3) is 3.17. The molecule has 25 heavy (non-hydrogen) atoms. The van der Waals surface area contributed by atoms with Gasteiger partial charge in [-0.1, -0.05) is 18.2 Å². The van der Waals surface area contributed by atoms with Crippen molar-refractivity contribution in [1.29, 1.82) is 0 Å². The van der Waals surface area contributed by atoms with Crippen molar-refractivity contribution in [3.05, 3.63) is 54.6 Å². The van der Waals surface area contributed by atoms with Gasteiger partial charge in [-0.05, 0) is 31.0 Å². The van der Waals surface area contributed by atoms with Crippen LogP contribution in [0.15, 0.2) is 53.3 Å². The molecule has 1 aromatic carbocycles. The number of para-hydroxylation sites is 1. The SMILES string of the molecule is O=C(Cn1ncc2ccccc21)N1CCCC1CC(O)c1ccco1. The molecule has 2 atom stereocenters. The molecule has 1 amide bonds. The number of aliphatic hydroxyl groups is 1. The highest BCUT2D eigenvalue weighted by Crippen LogP contribution is 2.28. The number of hydrogen-bond acceptors (Lipinski definition) is 4. The van der Waals surface area contributed by atoms with Crippen LogP contribution in [0.2, 0.25) is 0 Å². The number of aromatic nitrogens is 2. The quantitative estimate of drug-likeness (QED) is 0.776. The number of nitrogens with zero attached hydrogens (tertiary/aromatic N) is 3. The number of likely N-dealkylation sites (tertiary alicyclic amines) is 1. The summed E-state index contributed by atoms with van der Waals surface area (Å²) in [6.07, 6.45) is 5.02. The fourth-order valence-electron chi connectivity index (χ4n) is 3.63. The van der Waals surface area contributed by atoms with Gasteiger partial charge < -0.3 is 14.4 Å². The van der Waals surface area contributed by atoms with Crippen LogP contribution in [-0.4, -0.2) is 38.3 Å². The third-order valence-electron chi connectivity index (χ3n) is 4.90. The van der Waals surface area contributed by atoms with E-state index in [1.165, 1.54) is 0 Å². The normalized spacial score (nSPS) is 18.8. The maximum atomic E-state index is 12.8. The monoisotopic (exact) mass is 339 g/mol. The van der Waals surface area contributed by atoms with E-state index in [9.17, 15) is 9.90 Å². The Kier molecular flexibility index (Phi) is 4.28. The lowest BCUT2D eigenvalue weighted by atomic mass is 10.1. The Labute approximate surface area is 145 Å². The predicted octanol–water partition coefficient (Wildman–Crippen LogP) is 2.74. The van der Waals surface area contributed by atoms with Crippen molar-refractivity contribution in [3.63, 3.8) is 0 Å². The highest BCUT2D eigenvalue weighted by Gasteiger charge is 2.31. The maximum Gasteiger partial charge on any atom is 0.244 e. The van der Waals surface area contributed by atoms with Crippen molar-refractivity contribution in [3.8, 4) is 0 Å². The summed E-state index contributed by atoms with van der Waals surface area (Å²) in [5.41, 5.74) is 0.960. The first kappa shape index (κ1) is 15.9. The molecule has 1 N–H and O–H groups in total. The smallest absolute Gasteiger partial charge is 0.244 e. The molecule has 2 aromatic heterocycles. The number of carbonyl (C=O) groups excluding carboxylic acids is 1. The Hall–Kier alpha value is -2.60. The Bertz CT molecular complexity index is 856. The van der Waals surface area contributed by atoms with Crippen LogP contribution in [0.1, 0.15) is 31.1 Å². The summed E-state index contributed by atoms with van der Waals surface area (Å²) < 4.78 is 7.01. The van der Waals surface area contributed by atoms with E-state index in [1.54, 1.807) is 29.3 Å². The van der Waals surface area contributed by atoms with Crippen molar-refractivity contribution in [2.45, 2.75) is 38.0 Å². The van der Waals surface area contributed by atoms with Crippen molar-refractivity contribution < 1.29 is 14.3 Å². The Balaban J connectivity index is 1.45. The minimum absolute atomic E-state index is 0.0365. The summed E-state index contributed by atoms with van der Waals surface area (Å²) in [5.74, 6) is 0.598. The number of fused-ring (bicyclic) bond motifs is 1. The fourth-order valence-corrected chi connectivity index (χ4v) is 3.63. The molecule has 2 unspecified atom stereocenters. The van der Waals surface area contributed by atoms with Crippen molar-refractivity contribution in [1.82, 2.24) is 14.7 Å². The second kappa shape index (κ2) is 6.72. The van der Waals surface area contributed by atoms with Gasteiger partial charge in [-0.25, -0.2) is 0 Å². The Morgan fingerprint density at radius 3 is 3.04 bits per heavy atom. The largest absolute Gasteiger partial charge is 0.467 e. The van der Waals surface area contributed by atoms with E-state index in [0.29, 0.717) is 12.2 Å². The van der Waals surface area contributed by atoms with E-state index in [-0.39, 0.29) is 18.5 Å². The average molecular weight is 339 g/mol. The van der Waals surface area contributed by atoms with Crippen LogP contribution in [0.4, 0.5) is 0 Å². The molecule has 4 rings (SSSR count). The highest BCUT2D eigenvalue weighted by molar-refractivity contribution is 5.82. The average Bonchev–Trinajstić information content (AvgIpc) is 3.36. The molecule has 0 bridgehead atoms. The molecule has 3 aromatic rings. The molecule has 130 valence electrons. The molecule has 0 aliphatic carbocycles. The van der Waals surface area contributed by atoms with Gasteiger partial charge in [0.05, 0.1) is 18.0 Å². The number of furan rings is 1. The van der Waals surface area contributed by atoms with Gasteiger partial charge in [0.1, 0.15) is 18.4 Å². The van der Waals surface area contributed by atoms with E-state index in [4.69, 9.17) is 4.42 Å². The number of hydrogen-bond donors (Lipinski definition) is 1. The molecule has 6 heteroatoms. The molecule has 0 saturated carbocycles. The molecule has 0 radical (unpaired) electrons. The zero-order valence-corrected chi connectivity index (χ0v) is 13.9. The van der Waals surface area contributed by atoms with Crippen molar-refractivity contribution in [2.24, 2.45) is 0 Å². The van der Waals surface area contributed by atoms with Gasteiger partial charge in [0.2, 0.25) is 5.91 Å². The molecule has 1 aliphatic heterocycles. The van der Waals surface area contributed by atoms with Crippen molar-refractivity contribution in [2.75, 3.05) is 6.54 Å². The molecule has 3 heterocycles. The van der Waals surface area contributed by atoms with Gasteiger partial charge in [0.15, 0.2) is 0 Å². The second-order valence-electron chi connectivity index (χ2n) is 6.51. The molecular formula is C19H21N3O3. The van der Waals surface area contributed by atoms with E-state index in [1.807, 2.05) is 29.2 Å². The Morgan fingerprint density at radius 1 is 1.32 bits per heavy atom. The first-order valence-electron chi connectivity index (χ1n) is 8.64. The van der Waals surface area contributed by atoms with Gasteiger partial charge in [0, 0.05) is 24.4 Å². The number of rotatable bonds is 5. The van der Waals surface area contributed by atoms with Crippen LogP contribution < -0.4 is 0 Å². The second-order valence-corrected chi connectivity index (χ2v) is 6.51. The van der Waals surface area contributed by atoms with Crippen LogP contribution in [0.5, 0.6) is 0 Å². The van der Waals surface area contributed by atoms with E-state index < -0.39 is 6.10 Å². The van der Waals surface area contributed by atoms with Crippen LogP contribution in [-0.2, 0) is 11.3 Å². The summed E-state index contributed by atoms with van der Waals surface area (Å²) in [7, 11) is 0.